The molecule has 1 radical (unpaired) electrons. The van der Waals surface area contributed by atoms with Crippen LogP contribution in [0, 0.1) is 5.92 Å². The second-order valence-electron chi connectivity index (χ2n) is 4.23. The maximum absolute atomic E-state index is 10.4. The van der Waals surface area contributed by atoms with Gasteiger partial charge in [0.25, 0.3) is 0 Å². The molecule has 1 aromatic rings. The predicted molar refractivity (Wildman–Crippen MR) is 63.6 cm³/mol. The predicted octanol–water partition coefficient (Wildman–Crippen LogP) is 1.72. The van der Waals surface area contributed by atoms with Gasteiger partial charge >= 0.3 is 6.09 Å². The highest BCUT2D eigenvalue weighted by Gasteiger charge is 2.20. The summed E-state index contributed by atoms with van der Waals surface area (Å²) in [7, 11) is 0. The van der Waals surface area contributed by atoms with Crippen LogP contribution < -0.4 is 10.6 Å². The maximum Gasteiger partial charge on any atom is 0.426 e. The molecule has 0 bridgehead atoms. The summed E-state index contributed by atoms with van der Waals surface area (Å²) in [6, 6.07) is 4.01. The molecule has 1 aromatic heterocycles. The minimum Gasteiger partial charge on any atom is -0.448 e. The number of ether oxygens (including phenoxy) is 1. The van der Waals surface area contributed by atoms with E-state index in [1.54, 1.807) is 12.4 Å². The summed E-state index contributed by atoms with van der Waals surface area (Å²) in [4.78, 5) is 16.7. The van der Waals surface area contributed by atoms with Crippen molar-refractivity contribution in [2.45, 2.75) is 12.8 Å². The van der Waals surface area contributed by atoms with E-state index in [1.807, 2.05) is 12.1 Å². The zero-order chi connectivity index (χ0) is 12.1. The Bertz CT molecular complexity index is 361. The first-order valence-electron chi connectivity index (χ1n) is 5.79. The fraction of sp³-hybridized carbons (Fsp3) is 0.500. The van der Waals surface area contributed by atoms with E-state index < -0.39 is 6.09 Å². The van der Waals surface area contributed by atoms with Gasteiger partial charge in [-0.1, -0.05) is 0 Å². The van der Waals surface area contributed by atoms with Gasteiger partial charge in [0, 0.05) is 31.2 Å². The first-order chi connectivity index (χ1) is 8.25. The average Bonchev–Trinajstić information content (AvgIpc) is 2.38. The maximum atomic E-state index is 10.4. The van der Waals surface area contributed by atoms with Crippen LogP contribution in [0.1, 0.15) is 12.8 Å². The number of amides is 1. The van der Waals surface area contributed by atoms with Crippen LogP contribution in [0.3, 0.4) is 0 Å². The van der Waals surface area contributed by atoms with Crippen molar-refractivity contribution >= 4 is 11.8 Å². The monoisotopic (exact) mass is 234 g/mol. The summed E-state index contributed by atoms with van der Waals surface area (Å²) in [6.07, 6.45) is 4.65. The molecular formula is C12H16N3O2. The third kappa shape index (κ3) is 3.34. The van der Waals surface area contributed by atoms with Crippen molar-refractivity contribution in [2.24, 2.45) is 5.92 Å². The Balaban J connectivity index is 1.80. The van der Waals surface area contributed by atoms with E-state index in [1.165, 1.54) is 5.69 Å². The van der Waals surface area contributed by atoms with E-state index in [9.17, 15) is 4.79 Å². The van der Waals surface area contributed by atoms with Crippen molar-refractivity contribution < 1.29 is 9.53 Å². The summed E-state index contributed by atoms with van der Waals surface area (Å²) in [5, 5.41) is 0. The highest BCUT2D eigenvalue weighted by molar-refractivity contribution is 5.63. The summed E-state index contributed by atoms with van der Waals surface area (Å²) in [5.41, 5.74) is 7.88. The van der Waals surface area contributed by atoms with Crippen LogP contribution in [-0.4, -0.2) is 30.8 Å². The van der Waals surface area contributed by atoms with Gasteiger partial charge in [-0.25, -0.2) is 10.5 Å². The number of nitrogens with zero attached hydrogens (tertiary/aromatic N) is 2. The zero-order valence-corrected chi connectivity index (χ0v) is 9.63. The fourth-order valence-corrected chi connectivity index (χ4v) is 2.11. The molecule has 2 heterocycles. The van der Waals surface area contributed by atoms with E-state index in [0.717, 1.165) is 25.9 Å². The van der Waals surface area contributed by atoms with Gasteiger partial charge in [0.15, 0.2) is 0 Å². The topological polar surface area (TPSA) is 66.2 Å². The first-order valence-corrected chi connectivity index (χ1v) is 5.79. The van der Waals surface area contributed by atoms with Crippen molar-refractivity contribution in [1.82, 2.24) is 10.7 Å². The Morgan fingerprint density at radius 3 is 2.65 bits per heavy atom. The highest BCUT2D eigenvalue weighted by Crippen LogP contribution is 2.22. The van der Waals surface area contributed by atoms with Crippen LogP contribution in [0.5, 0.6) is 0 Å². The van der Waals surface area contributed by atoms with Gasteiger partial charge in [-0.05, 0) is 30.9 Å². The quantitative estimate of drug-likeness (QED) is 0.798. The SMILES string of the molecule is [NH]C(=O)OCC1CCN(c2ccncc2)CC1. The van der Waals surface area contributed by atoms with Gasteiger partial charge in [0.1, 0.15) is 0 Å². The lowest BCUT2D eigenvalue weighted by molar-refractivity contribution is 0.127. The molecule has 5 heteroatoms. The number of nitrogens with one attached hydrogen (secondary N) is 1. The Morgan fingerprint density at radius 2 is 2.06 bits per heavy atom. The Morgan fingerprint density at radius 1 is 1.41 bits per heavy atom. The fourth-order valence-electron chi connectivity index (χ4n) is 2.11. The molecule has 0 saturated carbocycles. The second-order valence-corrected chi connectivity index (χ2v) is 4.23. The van der Waals surface area contributed by atoms with E-state index in [0.29, 0.717) is 12.5 Å². The molecule has 0 atom stereocenters. The third-order valence-corrected chi connectivity index (χ3v) is 3.09. The Hall–Kier alpha value is -1.78. The number of piperidine rings is 1. The summed E-state index contributed by atoms with van der Waals surface area (Å²) in [6.45, 7) is 2.31. The molecule has 0 aliphatic carbocycles. The average molecular weight is 234 g/mol. The normalized spacial score (nSPS) is 16.8. The van der Waals surface area contributed by atoms with Crippen molar-refractivity contribution in [3.8, 4) is 0 Å². The van der Waals surface area contributed by atoms with Crippen LogP contribution in [0.4, 0.5) is 10.5 Å². The molecule has 0 aromatic carbocycles. The number of hydrogen-bond acceptors (Lipinski definition) is 4. The number of aromatic nitrogens is 1. The molecule has 5 nitrogen and oxygen atoms in total. The van der Waals surface area contributed by atoms with Gasteiger partial charge in [-0.2, -0.15) is 0 Å². The molecule has 17 heavy (non-hydrogen) atoms. The lowest BCUT2D eigenvalue weighted by Gasteiger charge is -2.33. The minimum absolute atomic E-state index is 0.381. The number of anilines is 1. The molecule has 1 amide bonds. The van der Waals surface area contributed by atoms with Crippen LogP contribution in [0.15, 0.2) is 24.5 Å². The number of hydrogen-bond donors (Lipinski definition) is 0. The van der Waals surface area contributed by atoms with Crippen molar-refractivity contribution in [2.75, 3.05) is 24.6 Å². The first kappa shape index (κ1) is 11.7. The zero-order valence-electron chi connectivity index (χ0n) is 9.63. The number of rotatable bonds is 3. The molecule has 1 fully saturated rings. The summed E-state index contributed by atoms with van der Waals surface area (Å²) < 4.78 is 4.72. The van der Waals surface area contributed by atoms with Crippen molar-refractivity contribution in [3.05, 3.63) is 24.5 Å². The number of pyridine rings is 1. The van der Waals surface area contributed by atoms with Crippen LogP contribution in [-0.2, 0) is 4.74 Å². The molecule has 1 aliphatic heterocycles. The van der Waals surface area contributed by atoms with E-state index in [-0.39, 0.29) is 0 Å². The van der Waals surface area contributed by atoms with Crippen LogP contribution in [0.2, 0.25) is 0 Å². The van der Waals surface area contributed by atoms with E-state index in [4.69, 9.17) is 10.5 Å². The van der Waals surface area contributed by atoms with E-state index >= 15 is 0 Å². The molecule has 1 aliphatic rings. The standard InChI is InChI=1S/C12H16N3O2/c13-12(16)17-9-10-3-7-15(8-4-10)11-1-5-14-6-2-11/h1-2,5-6,10,13H,3-4,7-9H2. The lowest BCUT2D eigenvalue weighted by atomic mass is 9.97. The van der Waals surface area contributed by atoms with Crippen molar-refractivity contribution in [3.63, 3.8) is 0 Å². The third-order valence-electron chi connectivity index (χ3n) is 3.09. The van der Waals surface area contributed by atoms with Crippen LogP contribution in [0.25, 0.3) is 0 Å². The van der Waals surface area contributed by atoms with Gasteiger partial charge in [-0.3, -0.25) is 4.98 Å². The van der Waals surface area contributed by atoms with E-state index in [2.05, 4.69) is 9.88 Å². The van der Waals surface area contributed by atoms with Gasteiger partial charge in [0.05, 0.1) is 6.61 Å². The molecular weight excluding hydrogens is 218 g/mol. The number of carbonyl (C=O) groups excluding carboxylic acids is 1. The van der Waals surface area contributed by atoms with Crippen molar-refractivity contribution in [1.29, 1.82) is 0 Å². The molecule has 1 N–H and O–H groups in total. The second kappa shape index (κ2) is 5.52. The largest absolute Gasteiger partial charge is 0.448 e. The number of carbonyl (C=O) groups is 1. The Kier molecular flexibility index (Phi) is 3.80. The lowest BCUT2D eigenvalue weighted by Crippen LogP contribution is -2.35. The van der Waals surface area contributed by atoms with Crippen LogP contribution >= 0.6 is 0 Å². The molecule has 91 valence electrons. The summed E-state index contributed by atoms with van der Waals surface area (Å²) >= 11 is 0. The molecule has 0 spiro atoms. The molecule has 2 rings (SSSR count). The highest BCUT2D eigenvalue weighted by atomic mass is 16.5. The van der Waals surface area contributed by atoms with Gasteiger partial charge < -0.3 is 9.64 Å². The van der Waals surface area contributed by atoms with Gasteiger partial charge in [0.2, 0.25) is 0 Å². The smallest absolute Gasteiger partial charge is 0.426 e. The summed E-state index contributed by atoms with van der Waals surface area (Å²) in [5.74, 6) is 0.391. The molecule has 1 saturated heterocycles. The van der Waals surface area contributed by atoms with Gasteiger partial charge in [-0.15, -0.1) is 0 Å². The Labute approximate surface area is 101 Å². The minimum atomic E-state index is -0.929. The molecule has 0 unspecified atom stereocenters.